The second-order valence-electron chi connectivity index (χ2n) is 6.20. The van der Waals surface area contributed by atoms with Crippen LogP contribution in [0.5, 0.6) is 0 Å². The molecule has 0 saturated heterocycles. The zero-order valence-electron chi connectivity index (χ0n) is 15.3. The second kappa shape index (κ2) is 8.35. The largest absolute Gasteiger partial charge is 0.356 e. The van der Waals surface area contributed by atoms with Crippen molar-refractivity contribution in [3.63, 3.8) is 0 Å². The number of rotatable bonds is 6. The molecule has 0 unspecified atom stereocenters. The van der Waals surface area contributed by atoms with Crippen molar-refractivity contribution in [1.82, 2.24) is 29.8 Å². The van der Waals surface area contributed by atoms with Gasteiger partial charge in [-0.15, -0.1) is 0 Å². The van der Waals surface area contributed by atoms with Gasteiger partial charge in [0.25, 0.3) is 0 Å². The molecule has 2 N–H and O–H groups in total. The molecule has 0 aromatic carbocycles. The van der Waals surface area contributed by atoms with E-state index in [2.05, 4.69) is 54.6 Å². The lowest BCUT2D eigenvalue weighted by molar-refractivity contribution is 0.555. The van der Waals surface area contributed by atoms with Crippen LogP contribution < -0.4 is 10.6 Å². The van der Waals surface area contributed by atoms with Gasteiger partial charge in [0.1, 0.15) is 5.65 Å². The fraction of sp³-hybridized carbons (Fsp3) is 0.389. The summed E-state index contributed by atoms with van der Waals surface area (Å²) in [5.41, 5.74) is 4.16. The molecule has 8 heteroatoms. The van der Waals surface area contributed by atoms with Crippen molar-refractivity contribution in [2.75, 3.05) is 13.6 Å². The number of imidazole rings is 1. The van der Waals surface area contributed by atoms with E-state index in [1.807, 2.05) is 40.5 Å². The van der Waals surface area contributed by atoms with Crippen molar-refractivity contribution in [3.05, 3.63) is 52.1 Å². The zero-order chi connectivity index (χ0) is 18.5. The van der Waals surface area contributed by atoms with E-state index in [9.17, 15) is 0 Å². The van der Waals surface area contributed by atoms with E-state index in [4.69, 9.17) is 0 Å². The molecule has 0 atom stereocenters. The third-order valence-electron chi connectivity index (χ3n) is 4.07. The second-order valence-corrected chi connectivity index (χ2v) is 7.12. The van der Waals surface area contributed by atoms with Crippen LogP contribution in [0, 0.1) is 13.8 Å². The first-order chi connectivity index (χ1) is 12.5. The summed E-state index contributed by atoms with van der Waals surface area (Å²) in [6.45, 7) is 6.45. The Morgan fingerprint density at radius 1 is 1.23 bits per heavy atom. The van der Waals surface area contributed by atoms with Crippen LogP contribution >= 0.6 is 15.9 Å². The Balaban J connectivity index is 1.46. The number of nitrogens with one attached hydrogen (secondary N) is 2. The Morgan fingerprint density at radius 3 is 2.81 bits per heavy atom. The summed E-state index contributed by atoms with van der Waals surface area (Å²) in [4.78, 5) is 8.86. The van der Waals surface area contributed by atoms with Crippen LogP contribution in [0.25, 0.3) is 5.65 Å². The Morgan fingerprint density at radius 2 is 2.08 bits per heavy atom. The highest BCUT2D eigenvalue weighted by Crippen LogP contribution is 2.12. The van der Waals surface area contributed by atoms with Crippen molar-refractivity contribution < 1.29 is 0 Å². The maximum absolute atomic E-state index is 4.59. The fourth-order valence-electron chi connectivity index (χ4n) is 2.83. The molecule has 0 amide bonds. The van der Waals surface area contributed by atoms with Gasteiger partial charge in [0.05, 0.1) is 17.9 Å². The van der Waals surface area contributed by atoms with Gasteiger partial charge in [-0.3, -0.25) is 9.67 Å². The monoisotopic (exact) mass is 417 g/mol. The van der Waals surface area contributed by atoms with Crippen molar-refractivity contribution in [1.29, 1.82) is 0 Å². The van der Waals surface area contributed by atoms with Crippen LogP contribution in [0.4, 0.5) is 0 Å². The molecule has 0 aliphatic rings. The van der Waals surface area contributed by atoms with Gasteiger partial charge in [-0.05, 0) is 54.4 Å². The molecule has 0 fully saturated rings. The van der Waals surface area contributed by atoms with Crippen molar-refractivity contribution >= 4 is 27.5 Å². The first-order valence-corrected chi connectivity index (χ1v) is 9.43. The number of pyridine rings is 1. The standard InChI is InChI=1S/C18H24BrN7/c1-13-9-14(2)26(24-13)8-4-7-21-18(20-3)22-10-16-12-25-11-15(19)5-6-17(25)23-16/h5-6,9,11-12H,4,7-8,10H2,1-3H3,(H2,20,21,22). The van der Waals surface area contributed by atoms with E-state index in [0.717, 1.165) is 47.0 Å². The molecule has 3 aromatic heterocycles. The van der Waals surface area contributed by atoms with Crippen LogP contribution in [0.15, 0.2) is 40.1 Å². The summed E-state index contributed by atoms with van der Waals surface area (Å²) >= 11 is 3.47. The van der Waals surface area contributed by atoms with Crippen molar-refractivity contribution in [2.24, 2.45) is 4.99 Å². The molecule has 0 radical (unpaired) electrons. The molecule has 3 aromatic rings. The van der Waals surface area contributed by atoms with E-state index in [1.165, 1.54) is 5.69 Å². The minimum atomic E-state index is 0.621. The summed E-state index contributed by atoms with van der Waals surface area (Å²) in [5.74, 6) is 0.775. The number of aliphatic imine (C=N–C) groups is 1. The van der Waals surface area contributed by atoms with Gasteiger partial charge in [-0.1, -0.05) is 0 Å². The van der Waals surface area contributed by atoms with Gasteiger partial charge < -0.3 is 15.0 Å². The minimum Gasteiger partial charge on any atom is -0.356 e. The summed E-state index contributed by atoms with van der Waals surface area (Å²) in [7, 11) is 1.77. The number of aryl methyl sites for hydroxylation is 3. The average Bonchev–Trinajstić information content (AvgIpc) is 3.15. The number of halogens is 1. The average molecular weight is 418 g/mol. The van der Waals surface area contributed by atoms with E-state index >= 15 is 0 Å². The predicted molar refractivity (Wildman–Crippen MR) is 107 cm³/mol. The summed E-state index contributed by atoms with van der Waals surface area (Å²) in [6.07, 6.45) is 4.99. The van der Waals surface area contributed by atoms with E-state index in [0.29, 0.717) is 6.54 Å². The molecule has 0 aliphatic carbocycles. The predicted octanol–water partition coefficient (Wildman–Crippen LogP) is 2.67. The molecule has 7 nitrogen and oxygen atoms in total. The normalized spacial score (nSPS) is 11.9. The molecule has 0 saturated carbocycles. The molecule has 3 rings (SSSR count). The number of guanidine groups is 1. The Kier molecular flexibility index (Phi) is 5.92. The lowest BCUT2D eigenvalue weighted by Crippen LogP contribution is -2.37. The molecule has 26 heavy (non-hydrogen) atoms. The quantitative estimate of drug-likeness (QED) is 0.367. The van der Waals surface area contributed by atoms with Crippen molar-refractivity contribution in [3.8, 4) is 0 Å². The number of nitrogens with zero attached hydrogens (tertiary/aromatic N) is 5. The first kappa shape index (κ1) is 18.4. The number of hydrogen-bond acceptors (Lipinski definition) is 3. The SMILES string of the molecule is CN=C(NCCCn1nc(C)cc1C)NCc1cn2cc(Br)ccc2n1. The lowest BCUT2D eigenvalue weighted by atomic mass is 10.4. The number of fused-ring (bicyclic) bond motifs is 1. The molecule has 0 spiro atoms. The smallest absolute Gasteiger partial charge is 0.191 e. The number of aromatic nitrogens is 4. The lowest BCUT2D eigenvalue weighted by Gasteiger charge is -2.11. The Hall–Kier alpha value is -2.35. The van der Waals surface area contributed by atoms with Crippen LogP contribution in [0.2, 0.25) is 0 Å². The van der Waals surface area contributed by atoms with E-state index in [1.54, 1.807) is 7.05 Å². The summed E-state index contributed by atoms with van der Waals surface area (Å²) in [5, 5.41) is 11.1. The Labute approximate surface area is 161 Å². The maximum Gasteiger partial charge on any atom is 0.191 e. The van der Waals surface area contributed by atoms with Crippen LogP contribution in [-0.2, 0) is 13.1 Å². The van der Waals surface area contributed by atoms with Crippen LogP contribution in [-0.4, -0.2) is 38.7 Å². The third-order valence-corrected chi connectivity index (χ3v) is 4.54. The van der Waals surface area contributed by atoms with Gasteiger partial charge in [0.2, 0.25) is 0 Å². The topological polar surface area (TPSA) is 71.5 Å². The molecular formula is C18H24BrN7. The molecular weight excluding hydrogens is 394 g/mol. The van der Waals surface area contributed by atoms with Crippen molar-refractivity contribution in [2.45, 2.75) is 33.4 Å². The fourth-order valence-corrected chi connectivity index (χ4v) is 3.19. The van der Waals surface area contributed by atoms with Gasteiger partial charge in [0.15, 0.2) is 5.96 Å². The van der Waals surface area contributed by atoms with Gasteiger partial charge in [0, 0.05) is 42.7 Å². The third kappa shape index (κ3) is 4.63. The minimum absolute atomic E-state index is 0.621. The van der Waals surface area contributed by atoms with E-state index < -0.39 is 0 Å². The molecule has 0 bridgehead atoms. The van der Waals surface area contributed by atoms with Gasteiger partial charge in [-0.2, -0.15) is 5.10 Å². The first-order valence-electron chi connectivity index (χ1n) is 8.64. The highest BCUT2D eigenvalue weighted by atomic mass is 79.9. The highest BCUT2D eigenvalue weighted by Gasteiger charge is 2.04. The highest BCUT2D eigenvalue weighted by molar-refractivity contribution is 9.10. The number of hydrogen-bond donors (Lipinski definition) is 2. The molecule has 138 valence electrons. The Bertz CT molecular complexity index is 910. The van der Waals surface area contributed by atoms with Crippen LogP contribution in [0.1, 0.15) is 23.5 Å². The van der Waals surface area contributed by atoms with Gasteiger partial charge in [-0.25, -0.2) is 4.98 Å². The zero-order valence-corrected chi connectivity index (χ0v) is 16.9. The summed E-state index contributed by atoms with van der Waals surface area (Å²) < 4.78 is 5.08. The molecule has 3 heterocycles. The maximum atomic E-state index is 4.59. The van der Waals surface area contributed by atoms with Crippen LogP contribution in [0.3, 0.4) is 0 Å². The summed E-state index contributed by atoms with van der Waals surface area (Å²) in [6, 6.07) is 6.07. The van der Waals surface area contributed by atoms with Gasteiger partial charge >= 0.3 is 0 Å². The molecule has 0 aliphatic heterocycles. The van der Waals surface area contributed by atoms with E-state index in [-0.39, 0.29) is 0 Å².